The lowest BCUT2D eigenvalue weighted by atomic mass is 9.96. The summed E-state index contributed by atoms with van der Waals surface area (Å²) < 4.78 is 0. The molecule has 1 aromatic carbocycles. The molecule has 2 fully saturated rings. The molecule has 0 amide bonds. The van der Waals surface area contributed by atoms with Gasteiger partial charge in [-0.3, -0.25) is 4.90 Å². The lowest BCUT2D eigenvalue weighted by Gasteiger charge is -2.48. The molecule has 0 aliphatic carbocycles. The summed E-state index contributed by atoms with van der Waals surface area (Å²) in [7, 11) is 0. The Bertz CT molecular complexity index is 480. The topological polar surface area (TPSA) is 6.48 Å². The second kappa shape index (κ2) is 6.25. The summed E-state index contributed by atoms with van der Waals surface area (Å²) in [5, 5.41) is 1.69. The standard InChI is InChI=1S/C16H22BrClN2/c1-12-10-19-7-3-2-4-15(19)11-20(12)14-6-5-13(9-17)16(18)8-14/h5-6,8,12,15H,2-4,7,9-11H2,1H3. The largest absolute Gasteiger partial charge is 0.366 e. The fourth-order valence-corrected chi connectivity index (χ4v) is 4.43. The van der Waals surface area contributed by atoms with Crippen LogP contribution in [0.4, 0.5) is 5.69 Å². The van der Waals surface area contributed by atoms with Crippen molar-refractivity contribution < 1.29 is 0 Å². The van der Waals surface area contributed by atoms with E-state index in [1.165, 1.54) is 43.6 Å². The number of hydrogen-bond acceptors (Lipinski definition) is 2. The summed E-state index contributed by atoms with van der Waals surface area (Å²) in [6, 6.07) is 7.79. The minimum atomic E-state index is 0.565. The Kier molecular flexibility index (Phi) is 4.58. The third-order valence-corrected chi connectivity index (χ3v) is 5.66. The Morgan fingerprint density at radius 3 is 2.90 bits per heavy atom. The van der Waals surface area contributed by atoms with Crippen LogP contribution in [-0.2, 0) is 5.33 Å². The van der Waals surface area contributed by atoms with Crippen molar-refractivity contribution in [2.75, 3.05) is 24.5 Å². The van der Waals surface area contributed by atoms with Gasteiger partial charge in [0.2, 0.25) is 0 Å². The monoisotopic (exact) mass is 356 g/mol. The van der Waals surface area contributed by atoms with Crippen LogP contribution in [0.5, 0.6) is 0 Å². The molecule has 2 unspecified atom stereocenters. The average molecular weight is 358 g/mol. The zero-order valence-corrected chi connectivity index (χ0v) is 14.3. The van der Waals surface area contributed by atoms with E-state index in [1.54, 1.807) is 0 Å². The highest BCUT2D eigenvalue weighted by Crippen LogP contribution is 2.31. The molecule has 2 heterocycles. The number of halogens is 2. The van der Waals surface area contributed by atoms with E-state index >= 15 is 0 Å². The number of hydrogen-bond donors (Lipinski definition) is 0. The number of benzene rings is 1. The van der Waals surface area contributed by atoms with Crippen LogP contribution in [0.3, 0.4) is 0 Å². The fraction of sp³-hybridized carbons (Fsp3) is 0.625. The van der Waals surface area contributed by atoms with Gasteiger partial charge in [0.25, 0.3) is 0 Å². The molecule has 1 aromatic rings. The molecule has 0 aromatic heterocycles. The van der Waals surface area contributed by atoms with Crippen LogP contribution in [0.1, 0.15) is 31.7 Å². The van der Waals surface area contributed by atoms with Crippen molar-refractivity contribution in [2.45, 2.75) is 43.6 Å². The minimum Gasteiger partial charge on any atom is -0.366 e. The van der Waals surface area contributed by atoms with E-state index in [4.69, 9.17) is 11.6 Å². The summed E-state index contributed by atoms with van der Waals surface area (Å²) in [5.41, 5.74) is 2.44. The molecule has 0 radical (unpaired) electrons. The minimum absolute atomic E-state index is 0.565. The van der Waals surface area contributed by atoms with E-state index in [0.717, 1.165) is 22.9 Å². The van der Waals surface area contributed by atoms with Crippen molar-refractivity contribution in [3.8, 4) is 0 Å². The van der Waals surface area contributed by atoms with E-state index in [-0.39, 0.29) is 0 Å². The lowest BCUT2D eigenvalue weighted by Crippen LogP contribution is -2.58. The van der Waals surface area contributed by atoms with Crippen LogP contribution in [0.25, 0.3) is 0 Å². The maximum absolute atomic E-state index is 6.37. The van der Waals surface area contributed by atoms with Crippen molar-refractivity contribution in [3.05, 3.63) is 28.8 Å². The highest BCUT2D eigenvalue weighted by molar-refractivity contribution is 9.08. The maximum Gasteiger partial charge on any atom is 0.0467 e. The summed E-state index contributed by atoms with van der Waals surface area (Å²) in [4.78, 5) is 5.22. The van der Waals surface area contributed by atoms with Gasteiger partial charge < -0.3 is 4.90 Å². The first kappa shape index (κ1) is 14.7. The summed E-state index contributed by atoms with van der Waals surface area (Å²) in [5.74, 6) is 0. The first-order chi connectivity index (χ1) is 9.69. The molecular formula is C16H22BrClN2. The summed E-state index contributed by atoms with van der Waals surface area (Å²) in [6.07, 6.45) is 4.10. The van der Waals surface area contributed by atoms with Crippen LogP contribution in [0.2, 0.25) is 5.02 Å². The second-order valence-electron chi connectivity index (χ2n) is 6.06. The number of anilines is 1. The van der Waals surface area contributed by atoms with E-state index in [1.807, 2.05) is 0 Å². The van der Waals surface area contributed by atoms with Gasteiger partial charge in [0.15, 0.2) is 0 Å². The van der Waals surface area contributed by atoms with Crippen LogP contribution < -0.4 is 4.90 Å². The van der Waals surface area contributed by atoms with Crippen LogP contribution in [0, 0.1) is 0 Å². The third kappa shape index (κ3) is 2.86. The summed E-state index contributed by atoms with van der Waals surface area (Å²) in [6.45, 7) is 5.94. The van der Waals surface area contributed by atoms with E-state index in [2.05, 4.69) is 50.9 Å². The number of alkyl halides is 1. The van der Waals surface area contributed by atoms with Gasteiger partial charge in [-0.15, -0.1) is 0 Å². The SMILES string of the molecule is CC1CN2CCCCC2CN1c1ccc(CBr)c(Cl)c1. The fourth-order valence-electron chi connectivity index (χ4n) is 3.54. The predicted molar refractivity (Wildman–Crippen MR) is 90.1 cm³/mol. The van der Waals surface area contributed by atoms with Crippen LogP contribution in [-0.4, -0.2) is 36.6 Å². The van der Waals surface area contributed by atoms with E-state index in [0.29, 0.717) is 6.04 Å². The van der Waals surface area contributed by atoms with Gasteiger partial charge in [-0.1, -0.05) is 40.0 Å². The molecule has 3 rings (SSSR count). The van der Waals surface area contributed by atoms with Crippen molar-refractivity contribution in [2.24, 2.45) is 0 Å². The zero-order chi connectivity index (χ0) is 14.1. The van der Waals surface area contributed by atoms with Gasteiger partial charge in [-0.25, -0.2) is 0 Å². The average Bonchev–Trinajstić information content (AvgIpc) is 2.46. The molecule has 4 heteroatoms. The van der Waals surface area contributed by atoms with Crippen LogP contribution >= 0.6 is 27.5 Å². The van der Waals surface area contributed by atoms with Gasteiger partial charge in [-0.05, 0) is 44.0 Å². The summed E-state index contributed by atoms with van der Waals surface area (Å²) >= 11 is 9.85. The highest BCUT2D eigenvalue weighted by atomic mass is 79.9. The van der Waals surface area contributed by atoms with Crippen molar-refractivity contribution in [3.63, 3.8) is 0 Å². The quantitative estimate of drug-likeness (QED) is 0.728. The Morgan fingerprint density at radius 2 is 2.15 bits per heavy atom. The van der Waals surface area contributed by atoms with Gasteiger partial charge in [0.05, 0.1) is 0 Å². The number of piperidine rings is 1. The zero-order valence-electron chi connectivity index (χ0n) is 12.0. The first-order valence-electron chi connectivity index (χ1n) is 7.54. The molecule has 0 spiro atoms. The Hall–Kier alpha value is -0.250. The molecule has 0 N–H and O–H groups in total. The van der Waals surface area contributed by atoms with Crippen molar-refractivity contribution >= 4 is 33.2 Å². The molecule has 2 atom stereocenters. The van der Waals surface area contributed by atoms with Gasteiger partial charge in [-0.2, -0.15) is 0 Å². The molecular weight excluding hydrogens is 336 g/mol. The lowest BCUT2D eigenvalue weighted by molar-refractivity contribution is 0.115. The van der Waals surface area contributed by atoms with Crippen LogP contribution in [0.15, 0.2) is 18.2 Å². The molecule has 2 nitrogen and oxygen atoms in total. The van der Waals surface area contributed by atoms with Gasteiger partial charge in [0.1, 0.15) is 0 Å². The molecule has 0 saturated carbocycles. The maximum atomic E-state index is 6.37. The molecule has 110 valence electrons. The molecule has 2 aliphatic rings. The number of nitrogens with zero attached hydrogens (tertiary/aromatic N) is 2. The normalized spacial score (nSPS) is 27.4. The second-order valence-corrected chi connectivity index (χ2v) is 7.02. The Morgan fingerprint density at radius 1 is 1.30 bits per heavy atom. The van der Waals surface area contributed by atoms with E-state index < -0.39 is 0 Å². The highest BCUT2D eigenvalue weighted by Gasteiger charge is 2.33. The third-order valence-electron chi connectivity index (χ3n) is 4.70. The Labute approximate surface area is 135 Å². The number of fused-ring (bicyclic) bond motifs is 1. The van der Waals surface area contributed by atoms with Gasteiger partial charge in [0, 0.05) is 41.2 Å². The molecule has 2 aliphatic heterocycles. The predicted octanol–water partition coefficient (Wildman–Crippen LogP) is 4.30. The Balaban J connectivity index is 1.80. The number of piperazine rings is 1. The van der Waals surface area contributed by atoms with E-state index in [9.17, 15) is 0 Å². The molecule has 2 saturated heterocycles. The van der Waals surface area contributed by atoms with Crippen molar-refractivity contribution in [1.82, 2.24) is 4.90 Å². The van der Waals surface area contributed by atoms with Gasteiger partial charge >= 0.3 is 0 Å². The first-order valence-corrected chi connectivity index (χ1v) is 9.04. The molecule has 0 bridgehead atoms. The molecule has 20 heavy (non-hydrogen) atoms. The smallest absolute Gasteiger partial charge is 0.0467 e. The number of rotatable bonds is 2. The van der Waals surface area contributed by atoms with Crippen molar-refractivity contribution in [1.29, 1.82) is 0 Å².